The SMILES string of the molecule is CC#CC(=O)Nc1ccccc1C(=O)N(CC)CC. The summed E-state index contributed by atoms with van der Waals surface area (Å²) in [4.78, 5) is 25.5. The van der Waals surface area contributed by atoms with Crippen LogP contribution in [0, 0.1) is 11.8 Å². The van der Waals surface area contributed by atoms with Crippen LogP contribution in [0.25, 0.3) is 0 Å². The maximum atomic E-state index is 12.3. The second-order valence-corrected chi connectivity index (χ2v) is 3.85. The number of carbonyl (C=O) groups is 2. The second kappa shape index (κ2) is 7.22. The topological polar surface area (TPSA) is 49.4 Å². The minimum Gasteiger partial charge on any atom is -0.339 e. The van der Waals surface area contributed by atoms with Crippen LogP contribution in [0.5, 0.6) is 0 Å². The zero-order valence-electron chi connectivity index (χ0n) is 11.5. The van der Waals surface area contributed by atoms with Crippen molar-refractivity contribution in [2.75, 3.05) is 18.4 Å². The lowest BCUT2D eigenvalue weighted by Gasteiger charge is -2.20. The highest BCUT2D eigenvalue weighted by molar-refractivity contribution is 6.08. The van der Waals surface area contributed by atoms with Gasteiger partial charge in [0.05, 0.1) is 11.3 Å². The summed E-state index contributed by atoms with van der Waals surface area (Å²) in [6, 6.07) is 6.95. The van der Waals surface area contributed by atoms with Crippen molar-refractivity contribution in [1.82, 2.24) is 4.90 Å². The normalized spacial score (nSPS) is 9.21. The number of benzene rings is 1. The third kappa shape index (κ3) is 3.85. The molecule has 1 rings (SSSR count). The minimum absolute atomic E-state index is 0.0923. The zero-order valence-corrected chi connectivity index (χ0v) is 11.5. The Morgan fingerprint density at radius 2 is 1.84 bits per heavy atom. The number of hydrogen-bond acceptors (Lipinski definition) is 2. The molecule has 19 heavy (non-hydrogen) atoms. The third-order valence-corrected chi connectivity index (χ3v) is 2.69. The van der Waals surface area contributed by atoms with Crippen molar-refractivity contribution in [3.63, 3.8) is 0 Å². The zero-order chi connectivity index (χ0) is 14.3. The Kier molecular flexibility index (Phi) is 5.62. The van der Waals surface area contributed by atoms with E-state index in [9.17, 15) is 9.59 Å². The molecule has 0 bridgehead atoms. The van der Waals surface area contributed by atoms with E-state index in [-0.39, 0.29) is 5.91 Å². The Balaban J connectivity index is 3.04. The molecule has 2 amide bonds. The molecule has 0 heterocycles. The van der Waals surface area contributed by atoms with Crippen LogP contribution >= 0.6 is 0 Å². The van der Waals surface area contributed by atoms with Gasteiger partial charge >= 0.3 is 0 Å². The molecule has 0 fully saturated rings. The standard InChI is InChI=1S/C15H18N2O2/c1-4-9-14(18)16-13-11-8-7-10-12(13)15(19)17(5-2)6-3/h7-8,10-11H,5-6H2,1-3H3,(H,16,18). The summed E-state index contributed by atoms with van der Waals surface area (Å²) in [7, 11) is 0. The molecule has 0 unspecified atom stereocenters. The predicted molar refractivity (Wildman–Crippen MR) is 75.8 cm³/mol. The van der Waals surface area contributed by atoms with Gasteiger partial charge in [-0.3, -0.25) is 9.59 Å². The largest absolute Gasteiger partial charge is 0.339 e. The average Bonchev–Trinajstić information content (AvgIpc) is 2.40. The molecule has 1 N–H and O–H groups in total. The number of amides is 2. The molecule has 0 radical (unpaired) electrons. The summed E-state index contributed by atoms with van der Waals surface area (Å²) in [6.45, 7) is 6.70. The fourth-order valence-electron chi connectivity index (χ4n) is 1.73. The van der Waals surface area contributed by atoms with Crippen LogP contribution in [-0.2, 0) is 4.79 Å². The number of nitrogens with zero attached hydrogens (tertiary/aromatic N) is 1. The van der Waals surface area contributed by atoms with Crippen molar-refractivity contribution in [1.29, 1.82) is 0 Å². The van der Waals surface area contributed by atoms with Gasteiger partial charge in [-0.05, 0) is 38.8 Å². The summed E-state index contributed by atoms with van der Waals surface area (Å²) >= 11 is 0. The second-order valence-electron chi connectivity index (χ2n) is 3.85. The molecule has 0 spiro atoms. The molecule has 0 saturated heterocycles. The smallest absolute Gasteiger partial charge is 0.300 e. The Morgan fingerprint density at radius 1 is 1.21 bits per heavy atom. The fraction of sp³-hybridized carbons (Fsp3) is 0.333. The minimum atomic E-state index is -0.415. The van der Waals surface area contributed by atoms with Gasteiger partial charge in [0, 0.05) is 13.1 Å². The maximum Gasteiger partial charge on any atom is 0.300 e. The summed E-state index contributed by atoms with van der Waals surface area (Å²) < 4.78 is 0. The van der Waals surface area contributed by atoms with E-state index in [1.165, 1.54) is 0 Å². The Bertz CT molecular complexity index is 522. The van der Waals surface area contributed by atoms with E-state index in [1.807, 2.05) is 13.8 Å². The summed E-state index contributed by atoms with van der Waals surface area (Å²) in [5, 5.41) is 2.64. The monoisotopic (exact) mass is 258 g/mol. The van der Waals surface area contributed by atoms with Gasteiger partial charge in [0.25, 0.3) is 11.8 Å². The lowest BCUT2D eigenvalue weighted by atomic mass is 10.1. The van der Waals surface area contributed by atoms with E-state index in [0.717, 1.165) is 0 Å². The van der Waals surface area contributed by atoms with Gasteiger partial charge in [-0.1, -0.05) is 18.1 Å². The van der Waals surface area contributed by atoms with E-state index in [4.69, 9.17) is 0 Å². The van der Waals surface area contributed by atoms with E-state index >= 15 is 0 Å². The number of anilines is 1. The molecule has 0 atom stereocenters. The van der Waals surface area contributed by atoms with Gasteiger partial charge in [0.1, 0.15) is 0 Å². The Morgan fingerprint density at radius 3 is 2.42 bits per heavy atom. The average molecular weight is 258 g/mol. The van der Waals surface area contributed by atoms with Crippen molar-refractivity contribution in [2.45, 2.75) is 20.8 Å². The van der Waals surface area contributed by atoms with Crippen LogP contribution in [0.1, 0.15) is 31.1 Å². The summed E-state index contributed by atoms with van der Waals surface area (Å²) in [5.74, 6) is 4.41. The molecule has 4 heteroatoms. The highest BCUT2D eigenvalue weighted by Gasteiger charge is 2.16. The molecule has 100 valence electrons. The first-order chi connectivity index (χ1) is 9.13. The number of rotatable bonds is 4. The van der Waals surface area contributed by atoms with Gasteiger partial charge in [0.15, 0.2) is 0 Å². The van der Waals surface area contributed by atoms with Crippen molar-refractivity contribution >= 4 is 17.5 Å². The molecular weight excluding hydrogens is 240 g/mol. The maximum absolute atomic E-state index is 12.3. The van der Waals surface area contributed by atoms with Gasteiger partial charge in [-0.15, -0.1) is 0 Å². The van der Waals surface area contributed by atoms with Gasteiger partial charge in [-0.2, -0.15) is 0 Å². The Hall–Kier alpha value is -2.28. The first-order valence-corrected chi connectivity index (χ1v) is 6.26. The van der Waals surface area contributed by atoms with Crippen molar-refractivity contribution < 1.29 is 9.59 Å². The van der Waals surface area contributed by atoms with E-state index in [2.05, 4.69) is 17.2 Å². The van der Waals surface area contributed by atoms with Crippen LogP contribution in [0.4, 0.5) is 5.69 Å². The van der Waals surface area contributed by atoms with Crippen molar-refractivity contribution in [3.05, 3.63) is 29.8 Å². The summed E-state index contributed by atoms with van der Waals surface area (Å²) in [5.41, 5.74) is 0.976. The molecule has 0 aliphatic carbocycles. The highest BCUT2D eigenvalue weighted by atomic mass is 16.2. The highest BCUT2D eigenvalue weighted by Crippen LogP contribution is 2.17. The predicted octanol–water partition coefficient (Wildman–Crippen LogP) is 2.13. The molecule has 4 nitrogen and oxygen atoms in total. The van der Waals surface area contributed by atoms with Gasteiger partial charge in [-0.25, -0.2) is 0 Å². The molecule has 0 aliphatic rings. The Labute approximate surface area is 113 Å². The fourth-order valence-corrected chi connectivity index (χ4v) is 1.73. The number of para-hydroxylation sites is 1. The molecule has 0 aromatic heterocycles. The molecule has 1 aromatic carbocycles. The van der Waals surface area contributed by atoms with Crippen LogP contribution in [0.3, 0.4) is 0 Å². The molecular formula is C15H18N2O2. The van der Waals surface area contributed by atoms with Gasteiger partial charge < -0.3 is 10.2 Å². The first-order valence-electron chi connectivity index (χ1n) is 6.26. The number of carbonyl (C=O) groups excluding carboxylic acids is 2. The number of nitrogens with one attached hydrogen (secondary N) is 1. The van der Waals surface area contributed by atoms with E-state index < -0.39 is 5.91 Å². The molecule has 0 aliphatic heterocycles. The lowest BCUT2D eigenvalue weighted by molar-refractivity contribution is -0.111. The van der Waals surface area contributed by atoms with Gasteiger partial charge in [0.2, 0.25) is 0 Å². The lowest BCUT2D eigenvalue weighted by Crippen LogP contribution is -2.31. The molecule has 1 aromatic rings. The van der Waals surface area contributed by atoms with Crippen LogP contribution in [0.2, 0.25) is 0 Å². The number of hydrogen-bond donors (Lipinski definition) is 1. The first kappa shape index (κ1) is 14.8. The van der Waals surface area contributed by atoms with E-state index in [1.54, 1.807) is 36.1 Å². The van der Waals surface area contributed by atoms with Crippen molar-refractivity contribution in [2.24, 2.45) is 0 Å². The quantitative estimate of drug-likeness (QED) is 0.841. The van der Waals surface area contributed by atoms with E-state index in [0.29, 0.717) is 24.3 Å². The van der Waals surface area contributed by atoms with Crippen LogP contribution in [-0.4, -0.2) is 29.8 Å². The third-order valence-electron chi connectivity index (χ3n) is 2.69. The molecule has 0 saturated carbocycles. The summed E-state index contributed by atoms with van der Waals surface area (Å²) in [6.07, 6.45) is 0. The van der Waals surface area contributed by atoms with Crippen LogP contribution in [0.15, 0.2) is 24.3 Å². The van der Waals surface area contributed by atoms with Crippen LogP contribution < -0.4 is 5.32 Å². The van der Waals surface area contributed by atoms with Crippen molar-refractivity contribution in [3.8, 4) is 11.8 Å².